The average molecular weight is 232 g/mol. The van der Waals surface area contributed by atoms with Crippen molar-refractivity contribution in [2.45, 2.75) is 57.9 Å². The molecule has 0 bridgehead atoms. The summed E-state index contributed by atoms with van der Waals surface area (Å²) < 4.78 is 0. The van der Waals surface area contributed by atoms with Gasteiger partial charge < -0.3 is 5.32 Å². The molecule has 15 heavy (non-hydrogen) atoms. The first-order chi connectivity index (χ1) is 7.11. The van der Waals surface area contributed by atoms with Gasteiger partial charge in [0.15, 0.2) is 0 Å². The summed E-state index contributed by atoms with van der Waals surface area (Å²) >= 11 is 5.88. The maximum absolute atomic E-state index is 12.0. The van der Waals surface area contributed by atoms with Crippen LogP contribution in [0.5, 0.6) is 0 Å². The zero-order valence-electron chi connectivity index (χ0n) is 9.81. The number of carbonyl (C=O) groups excluding carboxylic acids is 1. The number of alkyl halides is 1. The minimum atomic E-state index is -0.226. The number of hydrogen-bond acceptors (Lipinski definition) is 1. The summed E-state index contributed by atoms with van der Waals surface area (Å²) in [6, 6.07) is 0. The van der Waals surface area contributed by atoms with E-state index in [1.165, 1.54) is 19.3 Å². The number of hydrogen-bond donors (Lipinski definition) is 1. The summed E-state index contributed by atoms with van der Waals surface area (Å²) in [5.74, 6) is 0.926. The second kappa shape index (κ2) is 5.74. The van der Waals surface area contributed by atoms with E-state index in [1.807, 2.05) is 6.92 Å². The highest BCUT2D eigenvalue weighted by atomic mass is 35.5. The van der Waals surface area contributed by atoms with Gasteiger partial charge in [-0.2, -0.15) is 0 Å². The number of carbonyl (C=O) groups is 1. The highest BCUT2D eigenvalue weighted by molar-refractivity contribution is 6.18. The number of rotatable bonds is 4. The van der Waals surface area contributed by atoms with Crippen molar-refractivity contribution in [2.24, 2.45) is 5.92 Å². The van der Waals surface area contributed by atoms with Crippen molar-refractivity contribution in [1.82, 2.24) is 5.32 Å². The van der Waals surface area contributed by atoms with Crippen LogP contribution in [0, 0.1) is 5.92 Å². The Morgan fingerprint density at radius 3 is 2.47 bits per heavy atom. The molecule has 0 heterocycles. The molecule has 0 radical (unpaired) electrons. The largest absolute Gasteiger partial charge is 0.350 e. The Morgan fingerprint density at radius 1 is 1.40 bits per heavy atom. The molecular formula is C12H22ClNO. The molecule has 1 N–H and O–H groups in total. The molecule has 1 atom stereocenters. The molecule has 1 fully saturated rings. The fourth-order valence-electron chi connectivity index (χ4n) is 1.98. The summed E-state index contributed by atoms with van der Waals surface area (Å²) in [7, 11) is 0. The third kappa shape index (κ3) is 3.67. The minimum absolute atomic E-state index is 0.208. The molecule has 1 saturated carbocycles. The summed E-state index contributed by atoms with van der Waals surface area (Å²) in [6.45, 7) is 4.07. The molecule has 0 aromatic carbocycles. The van der Waals surface area contributed by atoms with E-state index in [1.54, 1.807) is 0 Å². The van der Waals surface area contributed by atoms with Crippen LogP contribution < -0.4 is 5.32 Å². The van der Waals surface area contributed by atoms with Gasteiger partial charge in [0.1, 0.15) is 0 Å². The van der Waals surface area contributed by atoms with Crippen LogP contribution in [0.15, 0.2) is 0 Å². The van der Waals surface area contributed by atoms with Crippen LogP contribution in [0.1, 0.15) is 52.4 Å². The van der Waals surface area contributed by atoms with Crippen molar-refractivity contribution in [3.63, 3.8) is 0 Å². The van der Waals surface area contributed by atoms with Gasteiger partial charge in [-0.3, -0.25) is 4.79 Å². The lowest BCUT2D eigenvalue weighted by atomic mass is 9.87. The third-order valence-electron chi connectivity index (χ3n) is 3.48. The van der Waals surface area contributed by atoms with Crippen molar-refractivity contribution in [3.8, 4) is 0 Å². The summed E-state index contributed by atoms with van der Waals surface area (Å²) in [6.07, 6.45) is 6.66. The van der Waals surface area contributed by atoms with Gasteiger partial charge in [0.2, 0.25) is 5.91 Å². The predicted molar refractivity (Wildman–Crippen MR) is 64.1 cm³/mol. The Hall–Kier alpha value is -0.240. The molecule has 88 valence electrons. The van der Waals surface area contributed by atoms with Crippen LogP contribution in [0.25, 0.3) is 0 Å². The normalized spacial score (nSPS) is 22.1. The topological polar surface area (TPSA) is 29.1 Å². The van der Waals surface area contributed by atoms with Gasteiger partial charge in [-0.1, -0.05) is 26.2 Å². The van der Waals surface area contributed by atoms with Crippen LogP contribution in [-0.2, 0) is 4.79 Å². The van der Waals surface area contributed by atoms with Crippen molar-refractivity contribution >= 4 is 17.5 Å². The van der Waals surface area contributed by atoms with Gasteiger partial charge in [-0.05, 0) is 26.2 Å². The maximum Gasteiger partial charge on any atom is 0.223 e. The number of nitrogens with one attached hydrogen (secondary N) is 1. The quantitative estimate of drug-likeness (QED) is 0.741. The summed E-state index contributed by atoms with van der Waals surface area (Å²) in [4.78, 5) is 12.0. The van der Waals surface area contributed by atoms with E-state index in [2.05, 4.69) is 12.2 Å². The maximum atomic E-state index is 12.0. The lowest BCUT2D eigenvalue weighted by Crippen LogP contribution is -2.49. The molecule has 1 rings (SSSR count). The van der Waals surface area contributed by atoms with E-state index in [-0.39, 0.29) is 17.4 Å². The predicted octanol–water partition coefficient (Wildman–Crippen LogP) is 3.09. The van der Waals surface area contributed by atoms with Crippen LogP contribution in [0.3, 0.4) is 0 Å². The Labute approximate surface area is 97.8 Å². The number of halogens is 1. The molecule has 1 amide bonds. The van der Waals surface area contributed by atoms with Crippen LogP contribution >= 0.6 is 11.6 Å². The molecule has 0 aliphatic heterocycles. The van der Waals surface area contributed by atoms with Gasteiger partial charge in [0, 0.05) is 11.8 Å². The summed E-state index contributed by atoms with van der Waals surface area (Å²) in [5, 5.41) is 3.09. The van der Waals surface area contributed by atoms with Crippen molar-refractivity contribution in [1.29, 1.82) is 0 Å². The molecule has 0 saturated heterocycles. The minimum Gasteiger partial charge on any atom is -0.350 e. The standard InChI is InChI=1S/C12H22ClNO/c1-3-12(2,9-13)14-11(15)10-7-5-4-6-8-10/h10H,3-9H2,1-2H3,(H,14,15). The van der Waals surface area contributed by atoms with Gasteiger partial charge in [0.25, 0.3) is 0 Å². The van der Waals surface area contributed by atoms with Gasteiger partial charge >= 0.3 is 0 Å². The van der Waals surface area contributed by atoms with E-state index in [0.29, 0.717) is 5.88 Å². The fourth-order valence-corrected chi connectivity index (χ4v) is 2.24. The second-order valence-electron chi connectivity index (χ2n) is 4.87. The first kappa shape index (κ1) is 12.8. The molecule has 3 heteroatoms. The third-order valence-corrected chi connectivity index (χ3v) is 4.07. The first-order valence-electron chi connectivity index (χ1n) is 5.99. The van der Waals surface area contributed by atoms with E-state index in [4.69, 9.17) is 11.6 Å². The van der Waals surface area contributed by atoms with E-state index in [9.17, 15) is 4.79 Å². The van der Waals surface area contributed by atoms with E-state index in [0.717, 1.165) is 19.3 Å². The molecule has 0 aromatic heterocycles. The van der Waals surface area contributed by atoms with Crippen molar-refractivity contribution in [3.05, 3.63) is 0 Å². The monoisotopic (exact) mass is 231 g/mol. The molecule has 0 aromatic rings. The Kier molecular flexibility index (Phi) is 4.91. The lowest BCUT2D eigenvalue weighted by Gasteiger charge is -2.30. The van der Waals surface area contributed by atoms with Crippen LogP contribution in [-0.4, -0.2) is 17.3 Å². The number of amides is 1. The zero-order chi connectivity index (χ0) is 11.3. The SMILES string of the molecule is CCC(C)(CCl)NC(=O)C1CCCCC1. The van der Waals surface area contributed by atoms with Gasteiger partial charge in [-0.25, -0.2) is 0 Å². The average Bonchev–Trinajstić information content (AvgIpc) is 2.30. The van der Waals surface area contributed by atoms with Gasteiger partial charge in [-0.15, -0.1) is 11.6 Å². The second-order valence-corrected chi connectivity index (χ2v) is 5.14. The molecule has 1 aliphatic carbocycles. The highest BCUT2D eigenvalue weighted by Crippen LogP contribution is 2.24. The Bertz CT molecular complexity index is 208. The van der Waals surface area contributed by atoms with E-state index < -0.39 is 0 Å². The first-order valence-corrected chi connectivity index (χ1v) is 6.53. The van der Waals surface area contributed by atoms with Crippen LogP contribution in [0.2, 0.25) is 0 Å². The smallest absolute Gasteiger partial charge is 0.223 e. The Balaban J connectivity index is 2.46. The summed E-state index contributed by atoms with van der Waals surface area (Å²) in [5.41, 5.74) is -0.226. The molecular weight excluding hydrogens is 210 g/mol. The zero-order valence-corrected chi connectivity index (χ0v) is 10.6. The lowest BCUT2D eigenvalue weighted by molar-refractivity contribution is -0.127. The molecule has 0 spiro atoms. The molecule has 1 aliphatic rings. The van der Waals surface area contributed by atoms with E-state index >= 15 is 0 Å². The molecule has 2 nitrogen and oxygen atoms in total. The van der Waals surface area contributed by atoms with Crippen molar-refractivity contribution in [2.75, 3.05) is 5.88 Å². The Morgan fingerprint density at radius 2 is 2.00 bits per heavy atom. The van der Waals surface area contributed by atoms with Gasteiger partial charge in [0.05, 0.1) is 5.54 Å². The van der Waals surface area contributed by atoms with Crippen molar-refractivity contribution < 1.29 is 4.79 Å². The van der Waals surface area contributed by atoms with Crippen LogP contribution in [0.4, 0.5) is 0 Å². The molecule has 1 unspecified atom stereocenters. The fraction of sp³-hybridized carbons (Fsp3) is 0.917. The highest BCUT2D eigenvalue weighted by Gasteiger charge is 2.28.